The van der Waals surface area contributed by atoms with Gasteiger partial charge in [-0.2, -0.15) is 13.2 Å². The Balaban J connectivity index is 2.77. The van der Waals surface area contributed by atoms with Crippen molar-refractivity contribution >= 4 is 0 Å². The van der Waals surface area contributed by atoms with E-state index in [1.54, 1.807) is 0 Å². The smallest absolute Gasteiger partial charge is 0.324 e. The molecule has 0 aromatic heterocycles. The summed E-state index contributed by atoms with van der Waals surface area (Å²) in [5, 5.41) is 0. The predicted molar refractivity (Wildman–Crippen MR) is 62.4 cm³/mol. The highest BCUT2D eigenvalue weighted by molar-refractivity contribution is 5.27. The molecule has 0 aliphatic heterocycles. The molecule has 17 heavy (non-hydrogen) atoms. The second-order valence-corrected chi connectivity index (χ2v) is 4.03. The van der Waals surface area contributed by atoms with E-state index < -0.39 is 11.7 Å². The number of rotatable bonds is 4. The molecule has 0 radical (unpaired) electrons. The molecule has 0 fully saturated rings. The zero-order valence-corrected chi connectivity index (χ0v) is 9.72. The molecule has 0 saturated heterocycles. The van der Waals surface area contributed by atoms with E-state index in [0.29, 0.717) is 12.0 Å². The molecule has 1 unspecified atom stereocenters. The van der Waals surface area contributed by atoms with Gasteiger partial charge in [-0.15, -0.1) is 0 Å². The van der Waals surface area contributed by atoms with Crippen LogP contribution in [0.5, 0.6) is 0 Å². The summed E-state index contributed by atoms with van der Waals surface area (Å²) in [4.78, 5) is 0. The third-order valence-electron chi connectivity index (χ3n) is 2.67. The van der Waals surface area contributed by atoms with E-state index in [4.69, 9.17) is 5.73 Å². The maximum Gasteiger partial charge on any atom is 0.416 e. The Morgan fingerprint density at radius 1 is 1.29 bits per heavy atom. The first-order valence-corrected chi connectivity index (χ1v) is 5.44. The third-order valence-corrected chi connectivity index (χ3v) is 2.67. The van der Waals surface area contributed by atoms with E-state index in [2.05, 4.69) is 6.58 Å². The SMILES string of the molecule is C=C(CC)CC(N)c1ccc(C(F)(F)F)cc1. The van der Waals surface area contributed by atoms with Crippen LogP contribution in [0.15, 0.2) is 36.4 Å². The van der Waals surface area contributed by atoms with Gasteiger partial charge in [-0.05, 0) is 30.5 Å². The molecule has 0 spiro atoms. The molecule has 0 aliphatic carbocycles. The molecule has 1 atom stereocenters. The predicted octanol–water partition coefficient (Wildman–Crippen LogP) is 4.06. The minimum atomic E-state index is -4.30. The molecular weight excluding hydrogens is 227 g/mol. The summed E-state index contributed by atoms with van der Waals surface area (Å²) in [5.74, 6) is 0. The highest BCUT2D eigenvalue weighted by Crippen LogP contribution is 2.30. The molecule has 94 valence electrons. The van der Waals surface area contributed by atoms with Crippen LogP contribution in [0.25, 0.3) is 0 Å². The van der Waals surface area contributed by atoms with E-state index in [9.17, 15) is 13.2 Å². The highest BCUT2D eigenvalue weighted by Gasteiger charge is 2.30. The van der Waals surface area contributed by atoms with Crippen molar-refractivity contribution in [1.29, 1.82) is 0 Å². The van der Waals surface area contributed by atoms with E-state index >= 15 is 0 Å². The first-order chi connectivity index (χ1) is 7.84. The fourth-order valence-electron chi connectivity index (χ4n) is 1.49. The molecule has 0 saturated carbocycles. The zero-order valence-electron chi connectivity index (χ0n) is 9.72. The van der Waals surface area contributed by atoms with Crippen LogP contribution in [0.1, 0.15) is 36.9 Å². The maximum atomic E-state index is 12.3. The molecule has 0 heterocycles. The normalized spacial score (nSPS) is 13.5. The first-order valence-electron chi connectivity index (χ1n) is 5.44. The van der Waals surface area contributed by atoms with Gasteiger partial charge in [0.25, 0.3) is 0 Å². The number of halogens is 3. The molecule has 2 N–H and O–H groups in total. The van der Waals surface area contributed by atoms with Crippen molar-refractivity contribution in [3.63, 3.8) is 0 Å². The molecule has 1 rings (SSSR count). The fourth-order valence-corrected chi connectivity index (χ4v) is 1.49. The molecule has 1 aromatic rings. The van der Waals surface area contributed by atoms with Gasteiger partial charge in [0, 0.05) is 6.04 Å². The van der Waals surface area contributed by atoms with Crippen LogP contribution in [-0.2, 0) is 6.18 Å². The van der Waals surface area contributed by atoms with Crippen LogP contribution in [0, 0.1) is 0 Å². The molecule has 4 heteroatoms. The Morgan fingerprint density at radius 2 is 1.82 bits per heavy atom. The molecule has 0 amide bonds. The molecule has 0 bridgehead atoms. The molecular formula is C13H16F3N. The standard InChI is InChI=1S/C13H16F3N/c1-3-9(2)8-12(17)10-4-6-11(7-5-10)13(14,15)16/h4-7,12H,2-3,8,17H2,1H3. The number of benzene rings is 1. The Morgan fingerprint density at radius 3 is 2.24 bits per heavy atom. The van der Waals surface area contributed by atoms with Gasteiger partial charge in [-0.25, -0.2) is 0 Å². The van der Waals surface area contributed by atoms with E-state index in [-0.39, 0.29) is 6.04 Å². The average Bonchev–Trinajstić information content (AvgIpc) is 2.27. The lowest BCUT2D eigenvalue weighted by molar-refractivity contribution is -0.137. The minimum absolute atomic E-state index is 0.287. The van der Waals surface area contributed by atoms with E-state index in [0.717, 1.165) is 24.1 Å². The van der Waals surface area contributed by atoms with Crippen LogP contribution in [0.2, 0.25) is 0 Å². The quantitative estimate of drug-likeness (QED) is 0.793. The van der Waals surface area contributed by atoms with Crippen LogP contribution in [0.4, 0.5) is 13.2 Å². The Labute approximate surface area is 99.1 Å². The van der Waals surface area contributed by atoms with Crippen molar-refractivity contribution in [1.82, 2.24) is 0 Å². The molecule has 1 nitrogen and oxygen atoms in total. The topological polar surface area (TPSA) is 26.0 Å². The van der Waals surface area contributed by atoms with Gasteiger partial charge in [0.1, 0.15) is 0 Å². The summed E-state index contributed by atoms with van der Waals surface area (Å²) in [5.41, 5.74) is 6.94. The largest absolute Gasteiger partial charge is 0.416 e. The summed E-state index contributed by atoms with van der Waals surface area (Å²) in [6.45, 7) is 5.81. The zero-order chi connectivity index (χ0) is 13.1. The van der Waals surface area contributed by atoms with Crippen molar-refractivity contribution in [2.45, 2.75) is 32.0 Å². The lowest BCUT2D eigenvalue weighted by Crippen LogP contribution is -2.12. The third kappa shape index (κ3) is 3.89. The Kier molecular flexibility index (Phi) is 4.34. The number of hydrogen-bond acceptors (Lipinski definition) is 1. The van der Waals surface area contributed by atoms with Crippen molar-refractivity contribution in [3.8, 4) is 0 Å². The Hall–Kier alpha value is -1.29. The lowest BCUT2D eigenvalue weighted by atomic mass is 9.98. The monoisotopic (exact) mass is 243 g/mol. The first kappa shape index (κ1) is 13.8. The van der Waals surface area contributed by atoms with E-state index in [1.807, 2.05) is 6.92 Å². The molecule has 1 aromatic carbocycles. The fraction of sp³-hybridized carbons (Fsp3) is 0.385. The van der Waals surface area contributed by atoms with Crippen LogP contribution >= 0.6 is 0 Å². The van der Waals surface area contributed by atoms with Gasteiger partial charge >= 0.3 is 6.18 Å². The van der Waals surface area contributed by atoms with Crippen LogP contribution in [-0.4, -0.2) is 0 Å². The van der Waals surface area contributed by atoms with Gasteiger partial charge in [-0.1, -0.05) is 31.2 Å². The minimum Gasteiger partial charge on any atom is -0.324 e. The maximum absolute atomic E-state index is 12.3. The molecule has 0 aliphatic rings. The second kappa shape index (κ2) is 5.36. The second-order valence-electron chi connectivity index (χ2n) is 4.03. The number of hydrogen-bond donors (Lipinski definition) is 1. The van der Waals surface area contributed by atoms with Gasteiger partial charge in [0.2, 0.25) is 0 Å². The summed E-state index contributed by atoms with van der Waals surface area (Å²) in [6, 6.07) is 4.69. The van der Waals surface area contributed by atoms with Gasteiger partial charge < -0.3 is 5.73 Å². The number of nitrogens with two attached hydrogens (primary N) is 1. The lowest BCUT2D eigenvalue weighted by Gasteiger charge is -2.14. The van der Waals surface area contributed by atoms with E-state index in [1.165, 1.54) is 12.1 Å². The van der Waals surface area contributed by atoms with Crippen LogP contribution < -0.4 is 5.73 Å². The Bertz CT molecular complexity index is 379. The van der Waals surface area contributed by atoms with Gasteiger partial charge in [-0.3, -0.25) is 0 Å². The van der Waals surface area contributed by atoms with Crippen molar-refractivity contribution in [2.24, 2.45) is 5.73 Å². The van der Waals surface area contributed by atoms with Gasteiger partial charge in [0.05, 0.1) is 5.56 Å². The highest BCUT2D eigenvalue weighted by atomic mass is 19.4. The van der Waals surface area contributed by atoms with Gasteiger partial charge in [0.15, 0.2) is 0 Å². The summed E-state index contributed by atoms with van der Waals surface area (Å²) in [6.07, 6.45) is -2.87. The summed E-state index contributed by atoms with van der Waals surface area (Å²) < 4.78 is 37.0. The summed E-state index contributed by atoms with van der Waals surface area (Å²) >= 11 is 0. The average molecular weight is 243 g/mol. The van der Waals surface area contributed by atoms with Crippen molar-refractivity contribution in [3.05, 3.63) is 47.5 Å². The van der Waals surface area contributed by atoms with Crippen molar-refractivity contribution in [2.75, 3.05) is 0 Å². The van der Waals surface area contributed by atoms with Crippen LogP contribution in [0.3, 0.4) is 0 Å². The summed E-state index contributed by atoms with van der Waals surface area (Å²) in [7, 11) is 0. The number of alkyl halides is 3. The van der Waals surface area contributed by atoms with Crippen molar-refractivity contribution < 1.29 is 13.2 Å².